The first-order valence-electron chi connectivity index (χ1n) is 4.74. The van der Waals surface area contributed by atoms with E-state index in [2.05, 4.69) is 10.3 Å². The smallest absolute Gasteiger partial charge is 0.413 e. The van der Waals surface area contributed by atoms with Gasteiger partial charge in [0, 0.05) is 7.05 Å². The van der Waals surface area contributed by atoms with Gasteiger partial charge < -0.3 is 4.74 Å². The zero-order valence-corrected chi connectivity index (χ0v) is 10.1. The number of thioether (sulfide) groups is 1. The topological polar surface area (TPSA) is 50.7 Å². The summed E-state index contributed by atoms with van der Waals surface area (Å²) in [4.78, 5) is 15.2. The van der Waals surface area contributed by atoms with Gasteiger partial charge in [-0.2, -0.15) is 0 Å². The van der Waals surface area contributed by atoms with Gasteiger partial charge >= 0.3 is 6.09 Å². The summed E-state index contributed by atoms with van der Waals surface area (Å²) in [7, 11) is 1.61. The molecule has 16 heavy (non-hydrogen) atoms. The Morgan fingerprint density at radius 3 is 2.69 bits per heavy atom. The van der Waals surface area contributed by atoms with E-state index in [1.807, 2.05) is 36.6 Å². The Morgan fingerprint density at radius 1 is 1.44 bits per heavy atom. The molecule has 0 bridgehead atoms. The van der Waals surface area contributed by atoms with E-state index in [1.165, 1.54) is 11.8 Å². The van der Waals surface area contributed by atoms with Crippen LogP contribution in [0.4, 0.5) is 4.79 Å². The molecule has 0 aromatic heterocycles. The average molecular weight is 238 g/mol. The van der Waals surface area contributed by atoms with E-state index in [1.54, 1.807) is 7.05 Å². The molecule has 0 saturated heterocycles. The van der Waals surface area contributed by atoms with Gasteiger partial charge in [-0.1, -0.05) is 42.1 Å². The summed E-state index contributed by atoms with van der Waals surface area (Å²) in [6.45, 7) is 0.262. The maximum Gasteiger partial charge on any atom is 0.413 e. The summed E-state index contributed by atoms with van der Waals surface area (Å²) in [6.07, 6.45) is 1.35. The number of nitrogens with zero attached hydrogens (tertiary/aromatic N) is 1. The van der Waals surface area contributed by atoms with Crippen molar-refractivity contribution in [3.8, 4) is 0 Å². The quantitative estimate of drug-likeness (QED) is 0.635. The lowest BCUT2D eigenvalue weighted by atomic mass is 10.2. The number of hydrogen-bond acceptors (Lipinski definition) is 4. The Hall–Kier alpha value is -1.49. The highest BCUT2D eigenvalue weighted by Crippen LogP contribution is 2.01. The number of amidine groups is 1. The highest BCUT2D eigenvalue weighted by atomic mass is 32.2. The number of alkyl carbamates (subject to hydrolysis) is 1. The van der Waals surface area contributed by atoms with Crippen LogP contribution >= 0.6 is 11.8 Å². The predicted molar refractivity (Wildman–Crippen MR) is 66.6 cm³/mol. The first-order valence-corrected chi connectivity index (χ1v) is 5.97. The van der Waals surface area contributed by atoms with Crippen LogP contribution in [0.1, 0.15) is 5.56 Å². The maximum absolute atomic E-state index is 11.3. The second kappa shape index (κ2) is 6.90. The van der Waals surface area contributed by atoms with Crippen molar-refractivity contribution in [3.63, 3.8) is 0 Å². The van der Waals surface area contributed by atoms with Crippen molar-refractivity contribution in [2.75, 3.05) is 13.3 Å². The zero-order valence-electron chi connectivity index (χ0n) is 9.27. The van der Waals surface area contributed by atoms with Crippen molar-refractivity contribution in [2.24, 2.45) is 4.99 Å². The predicted octanol–water partition coefficient (Wildman–Crippen LogP) is 2.26. The lowest BCUT2D eigenvalue weighted by Gasteiger charge is -2.06. The Morgan fingerprint density at radius 2 is 2.12 bits per heavy atom. The molecule has 1 aromatic rings. The number of rotatable bonds is 2. The van der Waals surface area contributed by atoms with Gasteiger partial charge in [-0.15, -0.1) is 0 Å². The number of nitrogens with one attached hydrogen (secondary N) is 1. The van der Waals surface area contributed by atoms with Crippen LogP contribution in [0.5, 0.6) is 0 Å². The van der Waals surface area contributed by atoms with E-state index >= 15 is 0 Å². The summed E-state index contributed by atoms with van der Waals surface area (Å²) in [5.74, 6) is 0. The molecule has 0 unspecified atom stereocenters. The molecule has 0 heterocycles. The van der Waals surface area contributed by atoms with Gasteiger partial charge in [0.15, 0.2) is 5.17 Å². The van der Waals surface area contributed by atoms with Gasteiger partial charge in [-0.05, 0) is 11.8 Å². The van der Waals surface area contributed by atoms with E-state index in [0.29, 0.717) is 5.17 Å². The molecule has 1 amide bonds. The number of amides is 1. The molecule has 4 nitrogen and oxygen atoms in total. The Labute approximate surface area is 99.1 Å². The Balaban J connectivity index is 2.36. The fourth-order valence-electron chi connectivity index (χ4n) is 1.04. The molecule has 0 aliphatic rings. The number of hydrogen-bond donors (Lipinski definition) is 1. The molecule has 0 spiro atoms. The molecule has 0 fully saturated rings. The number of benzene rings is 1. The molecule has 0 atom stereocenters. The zero-order chi connectivity index (χ0) is 11.8. The van der Waals surface area contributed by atoms with Gasteiger partial charge in [0.05, 0.1) is 0 Å². The highest BCUT2D eigenvalue weighted by Gasteiger charge is 2.05. The monoisotopic (exact) mass is 238 g/mol. The number of carbonyl (C=O) groups excluding carboxylic acids is 1. The van der Waals surface area contributed by atoms with Crippen LogP contribution in [-0.4, -0.2) is 24.6 Å². The number of aliphatic imine (C=N–C) groups is 1. The molecule has 0 radical (unpaired) electrons. The van der Waals surface area contributed by atoms with Crippen LogP contribution in [0.25, 0.3) is 0 Å². The standard InChI is InChI=1S/C11H14N2O2S/c1-12-10(16-2)13-11(14)15-8-9-6-4-3-5-7-9/h3-7H,8H2,1-2H3,(H,12,13,14). The minimum Gasteiger partial charge on any atom is -0.444 e. The summed E-state index contributed by atoms with van der Waals surface area (Å²) < 4.78 is 5.02. The minimum absolute atomic E-state index is 0.262. The SMILES string of the molecule is CN=C(NC(=O)OCc1ccccc1)SC. The second-order valence-electron chi connectivity index (χ2n) is 2.92. The first-order chi connectivity index (χ1) is 7.76. The van der Waals surface area contributed by atoms with Gasteiger partial charge in [0.2, 0.25) is 0 Å². The van der Waals surface area contributed by atoms with Crippen molar-refractivity contribution in [1.82, 2.24) is 5.32 Å². The molecular weight excluding hydrogens is 224 g/mol. The van der Waals surface area contributed by atoms with E-state index in [0.717, 1.165) is 5.56 Å². The van der Waals surface area contributed by atoms with Crippen LogP contribution in [0.3, 0.4) is 0 Å². The van der Waals surface area contributed by atoms with Crippen LogP contribution in [-0.2, 0) is 11.3 Å². The molecule has 86 valence electrons. The lowest BCUT2D eigenvalue weighted by Crippen LogP contribution is -2.28. The average Bonchev–Trinajstić information content (AvgIpc) is 2.34. The van der Waals surface area contributed by atoms with Crippen molar-refractivity contribution in [3.05, 3.63) is 35.9 Å². The van der Waals surface area contributed by atoms with Crippen LogP contribution in [0.15, 0.2) is 35.3 Å². The van der Waals surface area contributed by atoms with Gasteiger partial charge in [0.25, 0.3) is 0 Å². The van der Waals surface area contributed by atoms with Gasteiger partial charge in [0.1, 0.15) is 6.61 Å². The molecule has 5 heteroatoms. The third kappa shape index (κ3) is 4.35. The second-order valence-corrected chi connectivity index (χ2v) is 3.71. The van der Waals surface area contributed by atoms with Crippen molar-refractivity contribution < 1.29 is 9.53 Å². The fraction of sp³-hybridized carbons (Fsp3) is 0.273. The van der Waals surface area contributed by atoms with E-state index in [-0.39, 0.29) is 6.61 Å². The van der Waals surface area contributed by atoms with E-state index < -0.39 is 6.09 Å². The van der Waals surface area contributed by atoms with Crippen molar-refractivity contribution in [2.45, 2.75) is 6.61 Å². The number of ether oxygens (including phenoxy) is 1. The molecule has 0 saturated carbocycles. The van der Waals surface area contributed by atoms with E-state index in [9.17, 15) is 4.79 Å². The van der Waals surface area contributed by atoms with Crippen LogP contribution < -0.4 is 5.32 Å². The van der Waals surface area contributed by atoms with Gasteiger partial charge in [-0.3, -0.25) is 10.3 Å². The molecule has 1 aromatic carbocycles. The maximum atomic E-state index is 11.3. The number of carbonyl (C=O) groups is 1. The normalized spacial score (nSPS) is 11.0. The minimum atomic E-state index is -0.487. The fourth-order valence-corrected chi connectivity index (χ4v) is 1.41. The van der Waals surface area contributed by atoms with Crippen molar-refractivity contribution in [1.29, 1.82) is 0 Å². The molecular formula is C11H14N2O2S. The largest absolute Gasteiger partial charge is 0.444 e. The lowest BCUT2D eigenvalue weighted by molar-refractivity contribution is 0.145. The van der Waals surface area contributed by atoms with Crippen molar-refractivity contribution >= 4 is 23.0 Å². The molecule has 0 aliphatic carbocycles. The summed E-state index contributed by atoms with van der Waals surface area (Å²) in [6, 6.07) is 9.52. The summed E-state index contributed by atoms with van der Waals surface area (Å²) in [5, 5.41) is 3.08. The summed E-state index contributed by atoms with van der Waals surface area (Å²) >= 11 is 1.36. The third-order valence-corrected chi connectivity index (χ3v) is 2.49. The van der Waals surface area contributed by atoms with E-state index in [4.69, 9.17) is 4.74 Å². The van der Waals surface area contributed by atoms with Crippen LogP contribution in [0.2, 0.25) is 0 Å². The highest BCUT2D eigenvalue weighted by molar-refractivity contribution is 8.13. The molecule has 1 rings (SSSR count). The van der Waals surface area contributed by atoms with Gasteiger partial charge in [-0.25, -0.2) is 4.79 Å². The molecule has 1 N–H and O–H groups in total. The first kappa shape index (κ1) is 12.6. The summed E-state index contributed by atoms with van der Waals surface area (Å²) in [5.41, 5.74) is 0.955. The molecule has 0 aliphatic heterocycles. The Bertz CT molecular complexity index is 366. The van der Waals surface area contributed by atoms with Crippen LogP contribution in [0, 0.1) is 0 Å². The third-order valence-electron chi connectivity index (χ3n) is 1.82. The Kier molecular flexibility index (Phi) is 5.42.